The summed E-state index contributed by atoms with van der Waals surface area (Å²) in [6.07, 6.45) is 3.36. The van der Waals surface area contributed by atoms with Crippen LogP contribution in [0.1, 0.15) is 59.6 Å². The Morgan fingerprint density at radius 2 is 2.00 bits per heavy atom. The number of nitrogens with one attached hydrogen (secondary N) is 2. The Hall–Kier alpha value is -2.37. The quantitative estimate of drug-likeness (QED) is 0.763. The molecule has 1 aliphatic carbocycles. The smallest absolute Gasteiger partial charge is 0.254 e. The van der Waals surface area contributed by atoms with Gasteiger partial charge in [-0.1, -0.05) is 35.9 Å². The predicted octanol–water partition coefficient (Wildman–Crippen LogP) is 3.90. The van der Waals surface area contributed by atoms with Gasteiger partial charge in [-0.25, -0.2) is 0 Å². The largest absolute Gasteiger partial charge is 0.353 e. The minimum Gasteiger partial charge on any atom is -0.353 e. The summed E-state index contributed by atoms with van der Waals surface area (Å²) in [7, 11) is 0. The highest BCUT2D eigenvalue weighted by molar-refractivity contribution is 6.30. The molecule has 0 bridgehead atoms. The van der Waals surface area contributed by atoms with Crippen molar-refractivity contribution in [2.24, 2.45) is 0 Å². The number of carbonyl (C=O) groups is 2. The summed E-state index contributed by atoms with van der Waals surface area (Å²) in [4.78, 5) is 25.8. The van der Waals surface area contributed by atoms with Crippen LogP contribution in [-0.4, -0.2) is 42.4 Å². The molecule has 0 aromatic heterocycles. The Morgan fingerprint density at radius 1 is 1.20 bits per heavy atom. The average Bonchev–Trinajstić information content (AvgIpc) is 3.22. The van der Waals surface area contributed by atoms with Crippen molar-refractivity contribution >= 4 is 23.4 Å². The third-order valence-electron chi connectivity index (χ3n) is 6.22. The van der Waals surface area contributed by atoms with Crippen LogP contribution in [0.3, 0.4) is 0 Å². The fourth-order valence-electron chi connectivity index (χ4n) is 4.55. The molecular formula is C24H28ClN3O2. The molecule has 0 radical (unpaired) electrons. The Bertz CT molecular complexity index is 915. The molecule has 2 fully saturated rings. The molecule has 2 amide bonds. The van der Waals surface area contributed by atoms with Crippen LogP contribution in [-0.2, 0) is 4.79 Å². The highest BCUT2D eigenvalue weighted by Crippen LogP contribution is 2.35. The van der Waals surface area contributed by atoms with E-state index in [9.17, 15) is 9.59 Å². The normalized spacial score (nSPS) is 22.6. The van der Waals surface area contributed by atoms with E-state index in [1.807, 2.05) is 30.3 Å². The van der Waals surface area contributed by atoms with E-state index in [-0.39, 0.29) is 24.4 Å². The molecule has 2 aromatic carbocycles. The van der Waals surface area contributed by atoms with E-state index in [0.717, 1.165) is 24.3 Å². The lowest BCUT2D eigenvalue weighted by atomic mass is 9.96. The van der Waals surface area contributed by atoms with E-state index in [1.165, 1.54) is 11.1 Å². The van der Waals surface area contributed by atoms with Gasteiger partial charge in [-0.2, -0.15) is 0 Å². The molecule has 0 unspecified atom stereocenters. The predicted molar refractivity (Wildman–Crippen MR) is 119 cm³/mol. The summed E-state index contributed by atoms with van der Waals surface area (Å²) in [5, 5.41) is 7.26. The van der Waals surface area contributed by atoms with E-state index in [0.29, 0.717) is 30.6 Å². The topological polar surface area (TPSA) is 61.4 Å². The molecular weight excluding hydrogens is 398 g/mol. The number of nitrogens with zero attached hydrogens (tertiary/aromatic N) is 1. The number of halogens is 1. The van der Waals surface area contributed by atoms with Crippen LogP contribution in [0.4, 0.5) is 0 Å². The fraction of sp³-hybridized carbons (Fsp3) is 0.417. The van der Waals surface area contributed by atoms with Gasteiger partial charge in [0, 0.05) is 35.8 Å². The van der Waals surface area contributed by atoms with Gasteiger partial charge in [-0.3, -0.25) is 9.59 Å². The maximum Gasteiger partial charge on any atom is 0.254 e. The lowest BCUT2D eigenvalue weighted by molar-refractivity contribution is -0.123. The number of rotatable bonds is 5. The zero-order valence-electron chi connectivity index (χ0n) is 17.2. The highest BCUT2D eigenvalue weighted by Gasteiger charge is 2.28. The molecule has 1 saturated heterocycles. The van der Waals surface area contributed by atoms with Gasteiger partial charge >= 0.3 is 0 Å². The van der Waals surface area contributed by atoms with Gasteiger partial charge in [-0.15, -0.1) is 0 Å². The number of benzene rings is 2. The fourth-order valence-corrected chi connectivity index (χ4v) is 4.75. The zero-order valence-corrected chi connectivity index (χ0v) is 18.0. The van der Waals surface area contributed by atoms with Crippen molar-refractivity contribution in [2.45, 2.75) is 44.2 Å². The van der Waals surface area contributed by atoms with Crippen molar-refractivity contribution in [1.82, 2.24) is 15.5 Å². The van der Waals surface area contributed by atoms with Gasteiger partial charge in [-0.05, 0) is 67.5 Å². The first kappa shape index (κ1) is 20.9. The Balaban J connectivity index is 1.34. The van der Waals surface area contributed by atoms with Gasteiger partial charge < -0.3 is 15.5 Å². The summed E-state index contributed by atoms with van der Waals surface area (Å²) in [6.45, 7) is 3.40. The minimum absolute atomic E-state index is 0.0716. The van der Waals surface area contributed by atoms with Crippen molar-refractivity contribution in [3.05, 3.63) is 70.2 Å². The van der Waals surface area contributed by atoms with E-state index in [1.54, 1.807) is 4.90 Å². The Labute approximate surface area is 182 Å². The molecule has 2 aliphatic rings. The molecule has 4 rings (SSSR count). The van der Waals surface area contributed by atoms with Gasteiger partial charge in [0.15, 0.2) is 0 Å². The van der Waals surface area contributed by atoms with Crippen LogP contribution in [0.5, 0.6) is 0 Å². The molecule has 2 aromatic rings. The lowest BCUT2D eigenvalue weighted by Crippen LogP contribution is -2.49. The van der Waals surface area contributed by atoms with Crippen LogP contribution in [0, 0.1) is 0 Å². The SMILES string of the molecule is C[C@@H](N[C@H]1CC[C@@H](c2ccc(C(=O)N3CCNC(=O)C3)cc2)C1)c1cccc(Cl)c1. The third-order valence-corrected chi connectivity index (χ3v) is 6.46. The number of carbonyl (C=O) groups excluding carboxylic acids is 2. The van der Waals surface area contributed by atoms with E-state index in [4.69, 9.17) is 11.6 Å². The van der Waals surface area contributed by atoms with Crippen LogP contribution in [0.25, 0.3) is 0 Å². The molecule has 0 spiro atoms. The van der Waals surface area contributed by atoms with E-state index in [2.05, 4.69) is 35.8 Å². The molecule has 3 atom stereocenters. The summed E-state index contributed by atoms with van der Waals surface area (Å²) >= 11 is 6.13. The summed E-state index contributed by atoms with van der Waals surface area (Å²) in [6, 6.07) is 16.7. The maximum atomic E-state index is 12.6. The standard InChI is InChI=1S/C24H28ClN3O2/c1-16(19-3-2-4-21(25)13-19)27-22-10-9-20(14-22)17-5-7-18(8-6-17)24(30)28-12-11-26-23(29)15-28/h2-8,13,16,20,22,27H,9-12,14-15H2,1H3,(H,26,29)/t16-,20-,22+/m1/s1. The van der Waals surface area contributed by atoms with Gasteiger partial charge in [0.1, 0.15) is 0 Å². The van der Waals surface area contributed by atoms with Crippen LogP contribution in [0.15, 0.2) is 48.5 Å². The van der Waals surface area contributed by atoms with Crippen LogP contribution >= 0.6 is 11.6 Å². The second-order valence-electron chi connectivity index (χ2n) is 8.35. The van der Waals surface area contributed by atoms with Crippen molar-refractivity contribution in [3.8, 4) is 0 Å². The lowest BCUT2D eigenvalue weighted by Gasteiger charge is -2.26. The summed E-state index contributed by atoms with van der Waals surface area (Å²) < 4.78 is 0. The molecule has 158 valence electrons. The van der Waals surface area contributed by atoms with E-state index < -0.39 is 0 Å². The molecule has 1 aliphatic heterocycles. The second-order valence-corrected chi connectivity index (χ2v) is 8.79. The zero-order chi connectivity index (χ0) is 21.1. The summed E-state index contributed by atoms with van der Waals surface area (Å²) in [5.74, 6) is 0.333. The van der Waals surface area contributed by atoms with Crippen molar-refractivity contribution in [3.63, 3.8) is 0 Å². The number of piperazine rings is 1. The van der Waals surface area contributed by atoms with Crippen LogP contribution < -0.4 is 10.6 Å². The molecule has 5 nitrogen and oxygen atoms in total. The average molecular weight is 426 g/mol. The number of amides is 2. The van der Waals surface area contributed by atoms with E-state index >= 15 is 0 Å². The van der Waals surface area contributed by atoms with Crippen LogP contribution in [0.2, 0.25) is 5.02 Å². The van der Waals surface area contributed by atoms with Gasteiger partial charge in [0.25, 0.3) is 5.91 Å². The Morgan fingerprint density at radius 3 is 2.73 bits per heavy atom. The number of hydrogen-bond donors (Lipinski definition) is 2. The van der Waals surface area contributed by atoms with Crippen molar-refractivity contribution in [1.29, 1.82) is 0 Å². The highest BCUT2D eigenvalue weighted by atomic mass is 35.5. The molecule has 30 heavy (non-hydrogen) atoms. The number of hydrogen-bond acceptors (Lipinski definition) is 3. The van der Waals surface area contributed by atoms with Crippen molar-refractivity contribution < 1.29 is 9.59 Å². The first-order chi connectivity index (χ1) is 14.5. The maximum absolute atomic E-state index is 12.6. The monoisotopic (exact) mass is 425 g/mol. The Kier molecular flexibility index (Phi) is 6.40. The molecule has 6 heteroatoms. The summed E-state index contributed by atoms with van der Waals surface area (Å²) in [5.41, 5.74) is 3.14. The molecule has 1 heterocycles. The van der Waals surface area contributed by atoms with Gasteiger partial charge in [0.05, 0.1) is 6.54 Å². The van der Waals surface area contributed by atoms with Gasteiger partial charge in [0.2, 0.25) is 5.91 Å². The third kappa shape index (κ3) is 4.85. The molecule has 2 N–H and O–H groups in total. The molecule has 1 saturated carbocycles. The first-order valence-electron chi connectivity index (χ1n) is 10.7. The minimum atomic E-state index is -0.0947. The second kappa shape index (κ2) is 9.19. The van der Waals surface area contributed by atoms with Crippen molar-refractivity contribution in [2.75, 3.05) is 19.6 Å². The first-order valence-corrected chi connectivity index (χ1v) is 11.0.